The van der Waals surface area contributed by atoms with E-state index in [4.69, 9.17) is 0 Å². The van der Waals surface area contributed by atoms with Crippen LogP contribution in [0.25, 0.3) is 0 Å². The summed E-state index contributed by atoms with van der Waals surface area (Å²) in [4.78, 5) is 31.3. The van der Waals surface area contributed by atoms with E-state index in [1.807, 2.05) is 0 Å². The first kappa shape index (κ1) is 25.1. The zero-order chi connectivity index (χ0) is 25.5. The van der Waals surface area contributed by atoms with Gasteiger partial charge in [0.25, 0.3) is 5.91 Å². The van der Waals surface area contributed by atoms with Crippen molar-refractivity contribution >= 4 is 21.7 Å². The Balaban J connectivity index is 1.54. The predicted octanol–water partition coefficient (Wildman–Crippen LogP) is 3.52. The van der Waals surface area contributed by atoms with Gasteiger partial charge in [-0.3, -0.25) is 9.59 Å². The van der Waals surface area contributed by atoms with E-state index in [1.54, 1.807) is 0 Å². The molecule has 4 rings (SSSR count). The highest BCUT2D eigenvalue weighted by Gasteiger charge is 2.40. The number of halogens is 4. The second kappa shape index (κ2) is 9.21. The third kappa shape index (κ3) is 5.47. The molecular formula is C23H23F4N3O4S. The standard InChI is InChI=1S/C23H23F4N3O4S/c1-35(33,34)19-11-14(8-9-28-19)22(32)30-10-2-3-18(30)21(31)29-20(13-4-5-13)16-7-6-15(12-17(16)24)23(25,26)27/h6-9,11-13,18,20H,2-5,10H2,1H3,(H,29,31)/t18-,20?/m1/s1. The summed E-state index contributed by atoms with van der Waals surface area (Å²) in [6, 6.07) is 3.06. The van der Waals surface area contributed by atoms with Gasteiger partial charge < -0.3 is 10.2 Å². The van der Waals surface area contributed by atoms with Crippen molar-refractivity contribution in [3.05, 3.63) is 59.0 Å². The number of likely N-dealkylation sites (tertiary alicyclic amines) is 1. The number of nitrogens with zero attached hydrogens (tertiary/aromatic N) is 2. The molecule has 2 amide bonds. The first-order valence-electron chi connectivity index (χ1n) is 11.0. The topological polar surface area (TPSA) is 96.4 Å². The lowest BCUT2D eigenvalue weighted by Crippen LogP contribution is -2.47. The van der Waals surface area contributed by atoms with Crippen LogP contribution >= 0.6 is 0 Å². The Morgan fingerprint density at radius 3 is 2.46 bits per heavy atom. The minimum absolute atomic E-state index is 0.0309. The van der Waals surface area contributed by atoms with Crippen molar-refractivity contribution in [1.82, 2.24) is 15.2 Å². The summed E-state index contributed by atoms with van der Waals surface area (Å²) in [6.45, 7) is 0.260. The van der Waals surface area contributed by atoms with Crippen molar-refractivity contribution in [2.75, 3.05) is 12.8 Å². The summed E-state index contributed by atoms with van der Waals surface area (Å²) in [5.41, 5.74) is -1.08. The largest absolute Gasteiger partial charge is 0.416 e. The van der Waals surface area contributed by atoms with Crippen LogP contribution in [0.5, 0.6) is 0 Å². The van der Waals surface area contributed by atoms with Crippen LogP contribution in [0.15, 0.2) is 41.6 Å². The van der Waals surface area contributed by atoms with Gasteiger partial charge in [-0.05, 0) is 55.9 Å². The number of rotatable bonds is 6. The molecule has 0 spiro atoms. The van der Waals surface area contributed by atoms with Crippen molar-refractivity contribution < 1.29 is 35.6 Å². The van der Waals surface area contributed by atoms with Crippen LogP contribution in [0.2, 0.25) is 0 Å². The molecule has 1 unspecified atom stereocenters. The molecule has 2 fully saturated rings. The summed E-state index contributed by atoms with van der Waals surface area (Å²) in [7, 11) is -3.64. The number of benzene rings is 1. The van der Waals surface area contributed by atoms with Crippen LogP contribution in [-0.4, -0.2) is 49.0 Å². The quantitative estimate of drug-likeness (QED) is 0.597. The molecule has 1 aliphatic heterocycles. The summed E-state index contributed by atoms with van der Waals surface area (Å²) in [5, 5.41) is 2.48. The minimum atomic E-state index is -4.69. The van der Waals surface area contributed by atoms with Crippen molar-refractivity contribution in [3.63, 3.8) is 0 Å². The van der Waals surface area contributed by atoms with E-state index in [-0.39, 0.29) is 28.6 Å². The highest BCUT2D eigenvalue weighted by Crippen LogP contribution is 2.43. The normalized spacial score (nSPS) is 19.5. The van der Waals surface area contributed by atoms with Crippen LogP contribution < -0.4 is 5.32 Å². The average molecular weight is 514 g/mol. The van der Waals surface area contributed by atoms with Crippen LogP contribution in [-0.2, 0) is 20.8 Å². The van der Waals surface area contributed by atoms with Gasteiger partial charge in [0.1, 0.15) is 11.9 Å². The fourth-order valence-corrected chi connectivity index (χ4v) is 4.87. The van der Waals surface area contributed by atoms with E-state index in [1.165, 1.54) is 17.2 Å². The number of sulfone groups is 1. The van der Waals surface area contributed by atoms with Crippen LogP contribution in [0.4, 0.5) is 17.6 Å². The second-order valence-electron chi connectivity index (χ2n) is 8.87. The summed E-state index contributed by atoms with van der Waals surface area (Å²) in [5.74, 6) is -2.25. The van der Waals surface area contributed by atoms with Crippen molar-refractivity contribution in [2.24, 2.45) is 5.92 Å². The van der Waals surface area contributed by atoms with Gasteiger partial charge in [-0.1, -0.05) is 6.07 Å². The maximum atomic E-state index is 14.6. The molecule has 2 aromatic rings. The maximum absolute atomic E-state index is 14.6. The third-order valence-corrected chi connectivity index (χ3v) is 7.22. The van der Waals surface area contributed by atoms with E-state index in [0.29, 0.717) is 31.7 Å². The van der Waals surface area contributed by atoms with Crippen LogP contribution in [0, 0.1) is 11.7 Å². The van der Waals surface area contributed by atoms with Crippen LogP contribution in [0.1, 0.15) is 53.2 Å². The fraction of sp³-hybridized carbons (Fsp3) is 0.435. The van der Waals surface area contributed by atoms with E-state index < -0.39 is 51.3 Å². The molecular weight excluding hydrogens is 490 g/mol. The van der Waals surface area contributed by atoms with Crippen molar-refractivity contribution in [2.45, 2.75) is 49.0 Å². The zero-order valence-electron chi connectivity index (χ0n) is 18.7. The van der Waals surface area contributed by atoms with E-state index >= 15 is 0 Å². The molecule has 2 atom stereocenters. The highest BCUT2D eigenvalue weighted by atomic mass is 32.2. The molecule has 1 N–H and O–H groups in total. The summed E-state index contributed by atoms with van der Waals surface area (Å²) >= 11 is 0. The Kier molecular flexibility index (Phi) is 6.60. The molecule has 1 aliphatic carbocycles. The first-order chi connectivity index (χ1) is 16.4. The first-order valence-corrected chi connectivity index (χ1v) is 12.9. The van der Waals surface area contributed by atoms with Gasteiger partial charge in [0.15, 0.2) is 14.9 Å². The Morgan fingerprint density at radius 2 is 1.86 bits per heavy atom. The fourth-order valence-electron chi connectivity index (χ4n) is 4.28. The number of alkyl halides is 3. The van der Waals surface area contributed by atoms with E-state index in [2.05, 4.69) is 10.3 Å². The number of hydrogen-bond donors (Lipinski definition) is 1. The number of nitrogens with one attached hydrogen (secondary N) is 1. The maximum Gasteiger partial charge on any atom is 0.416 e. The molecule has 0 radical (unpaired) electrons. The Bertz CT molecular complexity index is 1260. The molecule has 1 aromatic carbocycles. The van der Waals surface area contributed by atoms with Crippen LogP contribution in [0.3, 0.4) is 0 Å². The predicted molar refractivity (Wildman–Crippen MR) is 116 cm³/mol. The number of amides is 2. The summed E-state index contributed by atoms with van der Waals surface area (Å²) in [6.07, 6.45) is -0.287. The van der Waals surface area contributed by atoms with Gasteiger partial charge in [0.05, 0.1) is 11.6 Å². The Labute approximate surface area is 199 Å². The molecule has 1 saturated carbocycles. The highest BCUT2D eigenvalue weighted by molar-refractivity contribution is 7.90. The molecule has 35 heavy (non-hydrogen) atoms. The third-order valence-electron chi connectivity index (χ3n) is 6.23. The lowest BCUT2D eigenvalue weighted by molar-refractivity contribution is -0.137. The smallest absolute Gasteiger partial charge is 0.347 e. The molecule has 188 valence electrons. The monoisotopic (exact) mass is 513 g/mol. The molecule has 1 aromatic heterocycles. The van der Waals surface area contributed by atoms with E-state index in [0.717, 1.165) is 24.5 Å². The van der Waals surface area contributed by atoms with Gasteiger partial charge >= 0.3 is 6.18 Å². The lowest BCUT2D eigenvalue weighted by atomic mass is 9.99. The van der Waals surface area contributed by atoms with Crippen molar-refractivity contribution in [1.29, 1.82) is 0 Å². The lowest BCUT2D eigenvalue weighted by Gasteiger charge is -2.27. The van der Waals surface area contributed by atoms with Gasteiger partial charge in [0.2, 0.25) is 5.91 Å². The Hall–Kier alpha value is -3.02. The van der Waals surface area contributed by atoms with Gasteiger partial charge in [-0.2, -0.15) is 13.2 Å². The summed E-state index contributed by atoms with van der Waals surface area (Å²) < 4.78 is 77.0. The molecule has 0 bridgehead atoms. The SMILES string of the molecule is CS(=O)(=O)c1cc(C(=O)N2CCC[C@@H]2C(=O)NC(c2ccc(C(F)(F)F)cc2F)C2CC2)ccn1. The van der Waals surface area contributed by atoms with Gasteiger partial charge in [-0.25, -0.2) is 17.8 Å². The van der Waals surface area contributed by atoms with Crippen molar-refractivity contribution in [3.8, 4) is 0 Å². The molecule has 2 heterocycles. The molecule has 7 nitrogen and oxygen atoms in total. The number of carbonyl (C=O) groups excluding carboxylic acids is 2. The zero-order valence-corrected chi connectivity index (χ0v) is 19.5. The number of hydrogen-bond acceptors (Lipinski definition) is 5. The number of pyridine rings is 1. The Morgan fingerprint density at radius 1 is 1.14 bits per heavy atom. The number of aromatic nitrogens is 1. The number of carbonyl (C=O) groups is 2. The molecule has 1 saturated heterocycles. The molecule has 2 aliphatic rings. The second-order valence-corrected chi connectivity index (χ2v) is 10.8. The van der Waals surface area contributed by atoms with E-state index in [9.17, 15) is 35.6 Å². The minimum Gasteiger partial charge on any atom is -0.347 e. The van der Waals surface area contributed by atoms with Gasteiger partial charge in [0, 0.05) is 30.1 Å². The average Bonchev–Trinajstić information content (AvgIpc) is 3.51. The molecule has 12 heteroatoms. The van der Waals surface area contributed by atoms with Gasteiger partial charge in [-0.15, -0.1) is 0 Å².